The number of ether oxygens (including phenoxy) is 1. The maximum atomic E-state index is 12.2. The van der Waals surface area contributed by atoms with E-state index in [1.165, 1.54) is 11.3 Å². The van der Waals surface area contributed by atoms with Crippen LogP contribution in [0.15, 0.2) is 36.5 Å². The number of carbonyl (C=O) groups excluding carboxylic acids is 1. The first kappa shape index (κ1) is 16.9. The van der Waals surface area contributed by atoms with Gasteiger partial charge in [0, 0.05) is 38.6 Å². The van der Waals surface area contributed by atoms with Crippen LogP contribution in [0.2, 0.25) is 5.02 Å². The van der Waals surface area contributed by atoms with E-state index in [1.807, 2.05) is 13.1 Å². The fourth-order valence-electron chi connectivity index (χ4n) is 2.99. The van der Waals surface area contributed by atoms with Crippen molar-refractivity contribution in [1.82, 2.24) is 9.88 Å². The average molecular weight is 348 g/mol. The first-order chi connectivity index (χ1) is 11.6. The van der Waals surface area contributed by atoms with Gasteiger partial charge >= 0.3 is 0 Å². The maximum Gasteiger partial charge on any atom is 0.267 e. The van der Waals surface area contributed by atoms with Crippen molar-refractivity contribution in [2.75, 3.05) is 37.7 Å². The molecule has 0 aliphatic carbocycles. The summed E-state index contributed by atoms with van der Waals surface area (Å²) >= 11 is 5.93. The Hall–Kier alpha value is -1.98. The second kappa shape index (κ2) is 7.73. The molecule has 1 aromatic heterocycles. The molecule has 0 spiro atoms. The molecule has 0 bridgehead atoms. The van der Waals surface area contributed by atoms with Crippen molar-refractivity contribution in [2.24, 2.45) is 7.05 Å². The third-order valence-corrected chi connectivity index (χ3v) is 4.43. The molecule has 0 atom stereocenters. The number of aromatic nitrogens is 1. The zero-order valence-corrected chi connectivity index (χ0v) is 14.6. The van der Waals surface area contributed by atoms with Gasteiger partial charge in [-0.25, -0.2) is 0 Å². The van der Waals surface area contributed by atoms with E-state index in [1.54, 1.807) is 16.8 Å². The van der Waals surface area contributed by atoms with Crippen molar-refractivity contribution >= 4 is 23.2 Å². The van der Waals surface area contributed by atoms with Gasteiger partial charge in [-0.2, -0.15) is 0 Å². The van der Waals surface area contributed by atoms with E-state index in [2.05, 4.69) is 28.4 Å². The lowest BCUT2D eigenvalue weighted by Gasteiger charge is -2.30. The van der Waals surface area contributed by atoms with Gasteiger partial charge in [-0.3, -0.25) is 4.79 Å². The number of anilines is 1. The number of halogens is 1. The second-order valence-corrected chi connectivity index (χ2v) is 6.32. The zero-order valence-electron chi connectivity index (χ0n) is 13.8. The average Bonchev–Trinajstić information content (AvgIpc) is 2.94. The molecular formula is C18H22ClN3O2. The Labute approximate surface area is 147 Å². The van der Waals surface area contributed by atoms with Crippen molar-refractivity contribution in [3.05, 3.63) is 52.8 Å². The minimum Gasteiger partial charge on any atom is -0.378 e. The van der Waals surface area contributed by atoms with E-state index < -0.39 is 0 Å². The Morgan fingerprint density at radius 3 is 2.75 bits per heavy atom. The summed E-state index contributed by atoms with van der Waals surface area (Å²) in [6, 6.07) is 10.0. The van der Waals surface area contributed by atoms with Gasteiger partial charge in [0.25, 0.3) is 5.91 Å². The van der Waals surface area contributed by atoms with Crippen LogP contribution < -0.4 is 10.2 Å². The Morgan fingerprint density at radius 1 is 1.29 bits per heavy atom. The number of rotatable bonds is 5. The van der Waals surface area contributed by atoms with Gasteiger partial charge in [0.15, 0.2) is 0 Å². The van der Waals surface area contributed by atoms with Crippen LogP contribution in [0.4, 0.5) is 5.69 Å². The quantitative estimate of drug-likeness (QED) is 0.904. The van der Waals surface area contributed by atoms with Gasteiger partial charge in [0.1, 0.15) is 5.69 Å². The van der Waals surface area contributed by atoms with Gasteiger partial charge in [-0.15, -0.1) is 0 Å². The van der Waals surface area contributed by atoms with E-state index in [4.69, 9.17) is 16.3 Å². The number of hydrogen-bond acceptors (Lipinski definition) is 3. The minimum atomic E-state index is -0.103. The predicted octanol–water partition coefficient (Wildman–Crippen LogP) is 2.49. The van der Waals surface area contributed by atoms with Crippen LogP contribution in [-0.4, -0.2) is 43.3 Å². The number of morpholine rings is 1. The Balaban J connectivity index is 1.60. The number of hydrogen-bond donors (Lipinski definition) is 1. The smallest absolute Gasteiger partial charge is 0.267 e. The molecule has 1 amide bonds. The maximum absolute atomic E-state index is 12.2. The van der Waals surface area contributed by atoms with Crippen molar-refractivity contribution in [1.29, 1.82) is 0 Å². The summed E-state index contributed by atoms with van der Waals surface area (Å²) in [7, 11) is 1.81. The van der Waals surface area contributed by atoms with Gasteiger partial charge in [0.05, 0.1) is 18.2 Å². The summed E-state index contributed by atoms with van der Waals surface area (Å²) in [6.45, 7) is 3.93. The molecular weight excluding hydrogens is 326 g/mol. The standard InChI is InChI=1S/C18H22ClN3O2/c1-21-13-15(19)12-17(21)18(23)20-7-6-14-4-2-3-5-16(14)22-8-10-24-11-9-22/h2-5,12-13H,6-11H2,1H3,(H,20,23). The summed E-state index contributed by atoms with van der Waals surface area (Å²) in [6.07, 6.45) is 2.52. The molecule has 6 heteroatoms. The molecule has 3 rings (SSSR count). The second-order valence-electron chi connectivity index (χ2n) is 5.89. The first-order valence-corrected chi connectivity index (χ1v) is 8.53. The summed E-state index contributed by atoms with van der Waals surface area (Å²) in [5, 5.41) is 3.54. The third kappa shape index (κ3) is 3.91. The van der Waals surface area contributed by atoms with Crippen LogP contribution in [-0.2, 0) is 18.2 Å². The van der Waals surface area contributed by atoms with Crippen LogP contribution in [0.5, 0.6) is 0 Å². The number of aryl methyl sites for hydroxylation is 1. The summed E-state index contributed by atoms with van der Waals surface area (Å²) < 4.78 is 7.16. The van der Waals surface area contributed by atoms with Gasteiger partial charge in [-0.05, 0) is 24.1 Å². The molecule has 1 aromatic carbocycles. The molecule has 1 aliphatic heterocycles. The fourth-order valence-corrected chi connectivity index (χ4v) is 3.24. The van der Waals surface area contributed by atoms with E-state index >= 15 is 0 Å². The monoisotopic (exact) mass is 347 g/mol. The summed E-state index contributed by atoms with van der Waals surface area (Å²) in [5.74, 6) is -0.103. The van der Waals surface area contributed by atoms with E-state index in [0.29, 0.717) is 17.3 Å². The molecule has 2 aromatic rings. The summed E-state index contributed by atoms with van der Waals surface area (Å²) in [4.78, 5) is 14.6. The molecule has 24 heavy (non-hydrogen) atoms. The van der Waals surface area contributed by atoms with Crippen LogP contribution in [0.1, 0.15) is 16.1 Å². The number of nitrogens with one attached hydrogen (secondary N) is 1. The third-order valence-electron chi connectivity index (χ3n) is 4.23. The number of amides is 1. The Bertz CT molecular complexity index is 708. The zero-order chi connectivity index (χ0) is 16.9. The number of benzene rings is 1. The van der Waals surface area contributed by atoms with E-state index in [0.717, 1.165) is 32.7 Å². The molecule has 1 N–H and O–H groups in total. The molecule has 0 unspecified atom stereocenters. The molecule has 1 fully saturated rings. The van der Waals surface area contributed by atoms with Gasteiger partial charge in [0.2, 0.25) is 0 Å². The minimum absolute atomic E-state index is 0.103. The highest BCUT2D eigenvalue weighted by Crippen LogP contribution is 2.21. The highest BCUT2D eigenvalue weighted by atomic mass is 35.5. The molecule has 2 heterocycles. The van der Waals surface area contributed by atoms with Crippen LogP contribution in [0.25, 0.3) is 0 Å². The van der Waals surface area contributed by atoms with Crippen molar-refractivity contribution in [3.63, 3.8) is 0 Å². The highest BCUT2D eigenvalue weighted by molar-refractivity contribution is 6.31. The SMILES string of the molecule is Cn1cc(Cl)cc1C(=O)NCCc1ccccc1N1CCOCC1. The van der Waals surface area contributed by atoms with Crippen LogP contribution in [0, 0.1) is 0 Å². The number of nitrogens with zero attached hydrogens (tertiary/aromatic N) is 2. The normalized spacial score (nSPS) is 14.7. The predicted molar refractivity (Wildman–Crippen MR) is 95.9 cm³/mol. The molecule has 0 radical (unpaired) electrons. The number of para-hydroxylation sites is 1. The highest BCUT2D eigenvalue weighted by Gasteiger charge is 2.15. The molecule has 5 nitrogen and oxygen atoms in total. The van der Waals surface area contributed by atoms with Crippen molar-refractivity contribution < 1.29 is 9.53 Å². The van der Waals surface area contributed by atoms with E-state index in [9.17, 15) is 4.79 Å². The lowest BCUT2D eigenvalue weighted by Crippen LogP contribution is -2.37. The van der Waals surface area contributed by atoms with Crippen molar-refractivity contribution in [3.8, 4) is 0 Å². The Morgan fingerprint density at radius 2 is 2.04 bits per heavy atom. The Kier molecular flexibility index (Phi) is 5.43. The fraction of sp³-hybridized carbons (Fsp3) is 0.389. The topological polar surface area (TPSA) is 46.5 Å². The largest absolute Gasteiger partial charge is 0.378 e. The lowest BCUT2D eigenvalue weighted by atomic mass is 10.1. The first-order valence-electron chi connectivity index (χ1n) is 8.16. The lowest BCUT2D eigenvalue weighted by molar-refractivity contribution is 0.0946. The number of carbonyl (C=O) groups is 1. The molecule has 1 aliphatic rings. The molecule has 1 saturated heterocycles. The molecule has 0 saturated carbocycles. The van der Waals surface area contributed by atoms with Crippen LogP contribution in [0.3, 0.4) is 0 Å². The van der Waals surface area contributed by atoms with E-state index in [-0.39, 0.29) is 5.91 Å². The van der Waals surface area contributed by atoms with Gasteiger partial charge < -0.3 is 19.5 Å². The van der Waals surface area contributed by atoms with Crippen molar-refractivity contribution in [2.45, 2.75) is 6.42 Å². The van der Waals surface area contributed by atoms with Crippen LogP contribution >= 0.6 is 11.6 Å². The van der Waals surface area contributed by atoms with Gasteiger partial charge in [-0.1, -0.05) is 29.8 Å². The summed E-state index contributed by atoms with van der Waals surface area (Å²) in [5.41, 5.74) is 3.04. The molecule has 128 valence electrons.